The second-order valence-electron chi connectivity index (χ2n) is 8.46. The van der Waals surface area contributed by atoms with Gasteiger partial charge in [0.25, 0.3) is 5.91 Å². The summed E-state index contributed by atoms with van der Waals surface area (Å²) in [4.78, 5) is 23.6. The SMILES string of the molecule is O=C(O)CCc1ccc(OCCOc2ccc(Oc3ccccc3)cc2)cc1CNC(=O)c1ccccc1. The van der Waals surface area contributed by atoms with Crippen molar-refractivity contribution in [2.75, 3.05) is 13.2 Å². The summed E-state index contributed by atoms with van der Waals surface area (Å²) in [6, 6.07) is 31.3. The molecule has 7 heteroatoms. The number of rotatable bonds is 13. The Bertz CT molecular complexity index is 1320. The van der Waals surface area contributed by atoms with E-state index in [1.807, 2.05) is 72.8 Å². The summed E-state index contributed by atoms with van der Waals surface area (Å²) < 4.78 is 17.4. The van der Waals surface area contributed by atoms with E-state index >= 15 is 0 Å². The van der Waals surface area contributed by atoms with E-state index in [9.17, 15) is 9.59 Å². The predicted octanol–water partition coefficient (Wildman–Crippen LogP) is 5.88. The zero-order valence-corrected chi connectivity index (χ0v) is 20.8. The molecule has 0 fully saturated rings. The average Bonchev–Trinajstić information content (AvgIpc) is 2.95. The predicted molar refractivity (Wildman–Crippen MR) is 144 cm³/mol. The molecule has 0 radical (unpaired) electrons. The summed E-state index contributed by atoms with van der Waals surface area (Å²) >= 11 is 0. The van der Waals surface area contributed by atoms with E-state index in [-0.39, 0.29) is 18.9 Å². The van der Waals surface area contributed by atoms with Crippen molar-refractivity contribution in [2.45, 2.75) is 19.4 Å². The van der Waals surface area contributed by atoms with Crippen LogP contribution in [0.2, 0.25) is 0 Å². The van der Waals surface area contributed by atoms with Crippen LogP contribution in [0.4, 0.5) is 0 Å². The number of hydrogen-bond acceptors (Lipinski definition) is 5. The van der Waals surface area contributed by atoms with Crippen LogP contribution in [0.15, 0.2) is 103 Å². The Balaban J connectivity index is 1.30. The maximum atomic E-state index is 12.5. The summed E-state index contributed by atoms with van der Waals surface area (Å²) in [5, 5.41) is 12.0. The third kappa shape index (κ3) is 8.13. The largest absolute Gasteiger partial charge is 0.490 e. The Morgan fingerprint density at radius 2 is 1.24 bits per heavy atom. The Hall–Kier alpha value is -4.78. The van der Waals surface area contributed by atoms with Crippen molar-refractivity contribution in [3.05, 3.63) is 120 Å². The fourth-order valence-electron chi connectivity index (χ4n) is 3.76. The summed E-state index contributed by atoms with van der Waals surface area (Å²) in [5.74, 6) is 1.72. The Labute approximate surface area is 221 Å². The van der Waals surface area contributed by atoms with Crippen LogP contribution in [0.25, 0.3) is 0 Å². The van der Waals surface area contributed by atoms with Gasteiger partial charge in [-0.15, -0.1) is 0 Å². The first kappa shape index (κ1) is 26.3. The molecule has 4 aromatic carbocycles. The first-order chi connectivity index (χ1) is 18.6. The lowest BCUT2D eigenvalue weighted by Crippen LogP contribution is -2.23. The molecular weight excluding hydrogens is 482 g/mol. The zero-order chi connectivity index (χ0) is 26.6. The van der Waals surface area contributed by atoms with Crippen molar-refractivity contribution < 1.29 is 28.9 Å². The van der Waals surface area contributed by atoms with Gasteiger partial charge in [0.2, 0.25) is 0 Å². The lowest BCUT2D eigenvalue weighted by atomic mass is 10.0. The van der Waals surface area contributed by atoms with Crippen LogP contribution in [0.3, 0.4) is 0 Å². The highest BCUT2D eigenvalue weighted by Gasteiger charge is 2.10. The normalized spacial score (nSPS) is 10.4. The molecule has 194 valence electrons. The molecule has 4 rings (SSSR count). The maximum Gasteiger partial charge on any atom is 0.303 e. The number of benzene rings is 4. The number of ether oxygens (including phenoxy) is 3. The van der Waals surface area contributed by atoms with Gasteiger partial charge in [-0.25, -0.2) is 0 Å². The quantitative estimate of drug-likeness (QED) is 0.218. The molecule has 0 bridgehead atoms. The van der Waals surface area contributed by atoms with Crippen molar-refractivity contribution in [3.8, 4) is 23.0 Å². The molecule has 0 aliphatic heterocycles. The monoisotopic (exact) mass is 511 g/mol. The van der Waals surface area contributed by atoms with Gasteiger partial charge in [0.15, 0.2) is 0 Å². The van der Waals surface area contributed by atoms with Crippen molar-refractivity contribution in [1.29, 1.82) is 0 Å². The molecule has 4 aromatic rings. The molecule has 0 aliphatic rings. The lowest BCUT2D eigenvalue weighted by molar-refractivity contribution is -0.136. The number of carboxylic acid groups (broad SMARTS) is 1. The minimum Gasteiger partial charge on any atom is -0.490 e. The Kier molecular flexibility index (Phi) is 9.34. The van der Waals surface area contributed by atoms with Gasteiger partial charge in [0.1, 0.15) is 36.2 Å². The highest BCUT2D eigenvalue weighted by molar-refractivity contribution is 5.94. The van der Waals surface area contributed by atoms with E-state index in [4.69, 9.17) is 19.3 Å². The fraction of sp³-hybridized carbons (Fsp3) is 0.161. The molecule has 38 heavy (non-hydrogen) atoms. The summed E-state index contributed by atoms with van der Waals surface area (Å²) in [7, 11) is 0. The van der Waals surface area contributed by atoms with Crippen molar-refractivity contribution >= 4 is 11.9 Å². The molecule has 0 atom stereocenters. The first-order valence-electron chi connectivity index (χ1n) is 12.3. The van der Waals surface area contributed by atoms with Crippen LogP contribution >= 0.6 is 0 Å². The van der Waals surface area contributed by atoms with Gasteiger partial charge in [-0.1, -0.05) is 42.5 Å². The van der Waals surface area contributed by atoms with Gasteiger partial charge in [0.05, 0.1) is 0 Å². The zero-order valence-electron chi connectivity index (χ0n) is 20.8. The molecule has 0 unspecified atom stereocenters. The number of aryl methyl sites for hydroxylation is 1. The number of carbonyl (C=O) groups is 2. The molecule has 0 saturated heterocycles. The molecule has 0 heterocycles. The minimum atomic E-state index is -0.874. The highest BCUT2D eigenvalue weighted by atomic mass is 16.5. The molecule has 1 amide bonds. The molecule has 0 aromatic heterocycles. The van der Waals surface area contributed by atoms with E-state index in [0.29, 0.717) is 36.7 Å². The number of para-hydroxylation sites is 1. The van der Waals surface area contributed by atoms with Crippen LogP contribution in [-0.2, 0) is 17.8 Å². The van der Waals surface area contributed by atoms with Gasteiger partial charge in [-0.05, 0) is 78.2 Å². The first-order valence-corrected chi connectivity index (χ1v) is 12.3. The maximum absolute atomic E-state index is 12.5. The Morgan fingerprint density at radius 3 is 1.92 bits per heavy atom. The summed E-state index contributed by atoms with van der Waals surface area (Å²) in [6.45, 7) is 0.903. The summed E-state index contributed by atoms with van der Waals surface area (Å²) in [6.07, 6.45) is 0.363. The summed E-state index contributed by atoms with van der Waals surface area (Å²) in [5.41, 5.74) is 2.22. The molecule has 7 nitrogen and oxygen atoms in total. The van der Waals surface area contributed by atoms with Crippen LogP contribution in [-0.4, -0.2) is 30.2 Å². The van der Waals surface area contributed by atoms with E-state index in [1.165, 1.54) is 0 Å². The minimum absolute atomic E-state index is 0.00283. The number of aliphatic carboxylic acids is 1. The topological polar surface area (TPSA) is 94.1 Å². The molecular formula is C31H29NO6. The number of carbonyl (C=O) groups excluding carboxylic acids is 1. The van der Waals surface area contributed by atoms with E-state index in [2.05, 4.69) is 5.32 Å². The molecule has 2 N–H and O–H groups in total. The van der Waals surface area contributed by atoms with E-state index < -0.39 is 5.97 Å². The van der Waals surface area contributed by atoms with E-state index in [1.54, 1.807) is 30.3 Å². The van der Waals surface area contributed by atoms with Gasteiger partial charge in [0, 0.05) is 18.5 Å². The van der Waals surface area contributed by atoms with Gasteiger partial charge in [-0.2, -0.15) is 0 Å². The Morgan fingerprint density at radius 1 is 0.658 bits per heavy atom. The second-order valence-corrected chi connectivity index (χ2v) is 8.46. The second kappa shape index (κ2) is 13.5. The number of nitrogens with one attached hydrogen (secondary N) is 1. The van der Waals surface area contributed by atoms with Crippen LogP contribution in [0, 0.1) is 0 Å². The van der Waals surface area contributed by atoms with Gasteiger partial charge >= 0.3 is 5.97 Å². The van der Waals surface area contributed by atoms with Crippen molar-refractivity contribution in [2.24, 2.45) is 0 Å². The van der Waals surface area contributed by atoms with Crippen LogP contribution < -0.4 is 19.5 Å². The van der Waals surface area contributed by atoms with E-state index in [0.717, 1.165) is 22.6 Å². The fourth-order valence-corrected chi connectivity index (χ4v) is 3.76. The lowest BCUT2D eigenvalue weighted by Gasteiger charge is -2.14. The van der Waals surface area contributed by atoms with Gasteiger partial charge < -0.3 is 24.6 Å². The molecule has 0 aliphatic carbocycles. The highest BCUT2D eigenvalue weighted by Crippen LogP contribution is 2.24. The van der Waals surface area contributed by atoms with Gasteiger partial charge in [-0.3, -0.25) is 9.59 Å². The average molecular weight is 512 g/mol. The third-order valence-corrected chi connectivity index (χ3v) is 5.68. The number of carboxylic acids is 1. The van der Waals surface area contributed by atoms with Crippen molar-refractivity contribution in [3.63, 3.8) is 0 Å². The molecule has 0 saturated carbocycles. The standard InChI is InChI=1S/C31H29NO6/c33-30(34)18-12-23-11-13-29(21-25(23)22-32-31(35)24-7-3-1-4-8-24)37-20-19-36-26-14-16-28(17-15-26)38-27-9-5-2-6-10-27/h1-11,13-17,21H,12,18-20,22H2,(H,32,35)(H,33,34). The third-order valence-electron chi connectivity index (χ3n) is 5.68. The van der Waals surface area contributed by atoms with Crippen LogP contribution in [0.1, 0.15) is 27.9 Å². The van der Waals surface area contributed by atoms with Crippen molar-refractivity contribution in [1.82, 2.24) is 5.32 Å². The smallest absolute Gasteiger partial charge is 0.303 e. The molecule has 0 spiro atoms. The number of amides is 1. The number of hydrogen-bond donors (Lipinski definition) is 2. The van der Waals surface area contributed by atoms with Crippen LogP contribution in [0.5, 0.6) is 23.0 Å².